The van der Waals surface area contributed by atoms with Gasteiger partial charge in [0.05, 0.1) is 11.0 Å². The molecule has 3 aromatic rings. The fraction of sp³-hybridized carbons (Fsp3) is 0.267. The van der Waals surface area contributed by atoms with Gasteiger partial charge in [-0.3, -0.25) is 0 Å². The molecule has 1 N–H and O–H groups in total. The van der Waals surface area contributed by atoms with Crippen LogP contribution < -0.4 is 4.74 Å². The van der Waals surface area contributed by atoms with E-state index >= 15 is 0 Å². The molecule has 0 fully saturated rings. The molecule has 3 nitrogen and oxygen atoms in total. The number of pyridine rings is 1. The lowest BCUT2D eigenvalue weighted by Gasteiger charge is -2.20. The Morgan fingerprint density at radius 1 is 1.00 bits per heavy atom. The molecular formula is C15H16N2O. The second-order valence-corrected chi connectivity index (χ2v) is 5.43. The molecule has 2 heterocycles. The quantitative estimate of drug-likeness (QED) is 0.700. The Morgan fingerprint density at radius 3 is 2.56 bits per heavy atom. The number of H-pyrrole nitrogens is 1. The van der Waals surface area contributed by atoms with E-state index in [2.05, 4.69) is 22.1 Å². The van der Waals surface area contributed by atoms with Gasteiger partial charge in [-0.2, -0.15) is 0 Å². The molecule has 3 rings (SSSR count). The summed E-state index contributed by atoms with van der Waals surface area (Å²) in [5.41, 5.74) is 2.88. The number of aromatic amines is 1. The summed E-state index contributed by atoms with van der Waals surface area (Å²) in [5, 5.41) is 1.13. The topological polar surface area (TPSA) is 37.9 Å². The van der Waals surface area contributed by atoms with E-state index in [1.807, 2.05) is 45.0 Å². The van der Waals surface area contributed by atoms with Gasteiger partial charge < -0.3 is 9.72 Å². The number of hydrogen-bond acceptors (Lipinski definition) is 2. The number of ether oxygens (including phenoxy) is 1. The zero-order chi connectivity index (χ0) is 12.8. The van der Waals surface area contributed by atoms with Gasteiger partial charge in [0.25, 0.3) is 0 Å². The van der Waals surface area contributed by atoms with Crippen molar-refractivity contribution in [2.24, 2.45) is 0 Å². The van der Waals surface area contributed by atoms with Gasteiger partial charge in [-0.15, -0.1) is 0 Å². The average molecular weight is 240 g/mol. The van der Waals surface area contributed by atoms with Gasteiger partial charge in [0, 0.05) is 17.0 Å². The van der Waals surface area contributed by atoms with Crippen molar-refractivity contribution in [3.05, 3.63) is 36.4 Å². The second-order valence-electron chi connectivity index (χ2n) is 5.43. The van der Waals surface area contributed by atoms with Gasteiger partial charge in [-0.25, -0.2) is 4.98 Å². The van der Waals surface area contributed by atoms with E-state index in [9.17, 15) is 0 Å². The summed E-state index contributed by atoms with van der Waals surface area (Å²) >= 11 is 0. The van der Waals surface area contributed by atoms with Gasteiger partial charge in [0.2, 0.25) is 5.88 Å². The number of nitrogens with one attached hydrogen (secondary N) is 1. The summed E-state index contributed by atoms with van der Waals surface area (Å²) in [7, 11) is 0. The van der Waals surface area contributed by atoms with Crippen LogP contribution in [-0.2, 0) is 0 Å². The molecule has 0 saturated heterocycles. The summed E-state index contributed by atoms with van der Waals surface area (Å²) in [4.78, 5) is 7.95. The van der Waals surface area contributed by atoms with Crippen molar-refractivity contribution in [1.29, 1.82) is 0 Å². The van der Waals surface area contributed by atoms with Crippen LogP contribution in [0, 0.1) is 0 Å². The van der Waals surface area contributed by atoms with Gasteiger partial charge in [-0.05, 0) is 32.9 Å². The van der Waals surface area contributed by atoms with Crippen LogP contribution in [-0.4, -0.2) is 15.6 Å². The Hall–Kier alpha value is -2.03. The standard InChI is InChI=1S/C15H16N2O/c1-15(2,3)18-13-9-8-12-14(17-13)10-6-4-5-7-11(10)16-12/h4-9,16H,1-3H3. The first kappa shape index (κ1) is 11.1. The van der Waals surface area contributed by atoms with Crippen molar-refractivity contribution in [3.8, 4) is 5.88 Å². The normalized spacial score (nSPS) is 12.2. The SMILES string of the molecule is CC(C)(C)Oc1ccc2[nH]c3ccccc3c2n1. The molecule has 0 atom stereocenters. The molecule has 0 unspecified atom stereocenters. The van der Waals surface area contributed by atoms with E-state index in [-0.39, 0.29) is 5.60 Å². The molecule has 0 bridgehead atoms. The number of benzene rings is 1. The predicted octanol–water partition coefficient (Wildman–Crippen LogP) is 3.89. The number of nitrogens with zero attached hydrogens (tertiary/aromatic N) is 1. The predicted molar refractivity (Wildman–Crippen MR) is 74.0 cm³/mol. The summed E-state index contributed by atoms with van der Waals surface area (Å²) < 4.78 is 5.80. The second kappa shape index (κ2) is 3.73. The third-order valence-corrected chi connectivity index (χ3v) is 2.73. The minimum absolute atomic E-state index is 0.229. The van der Waals surface area contributed by atoms with Gasteiger partial charge >= 0.3 is 0 Å². The van der Waals surface area contributed by atoms with Crippen molar-refractivity contribution in [3.63, 3.8) is 0 Å². The molecule has 2 aromatic heterocycles. The van der Waals surface area contributed by atoms with E-state index in [0.29, 0.717) is 5.88 Å². The highest BCUT2D eigenvalue weighted by Gasteiger charge is 2.14. The molecule has 0 aliphatic heterocycles. The van der Waals surface area contributed by atoms with Crippen molar-refractivity contribution < 1.29 is 4.74 Å². The van der Waals surface area contributed by atoms with Crippen LogP contribution in [0.3, 0.4) is 0 Å². The molecule has 0 spiro atoms. The molecule has 0 aliphatic carbocycles. The molecule has 0 saturated carbocycles. The van der Waals surface area contributed by atoms with Gasteiger partial charge in [0.1, 0.15) is 5.60 Å². The van der Waals surface area contributed by atoms with Gasteiger partial charge in [-0.1, -0.05) is 18.2 Å². The summed E-state index contributed by atoms with van der Waals surface area (Å²) in [6.07, 6.45) is 0. The Bertz CT molecular complexity index is 707. The van der Waals surface area contributed by atoms with Crippen LogP contribution in [0.1, 0.15) is 20.8 Å². The maximum absolute atomic E-state index is 5.80. The monoisotopic (exact) mass is 240 g/mol. The Kier molecular flexibility index (Phi) is 2.30. The number of aromatic nitrogens is 2. The highest BCUT2D eigenvalue weighted by atomic mass is 16.5. The molecule has 0 radical (unpaired) electrons. The van der Waals surface area contributed by atoms with Gasteiger partial charge in [0.15, 0.2) is 0 Å². The van der Waals surface area contributed by atoms with Crippen molar-refractivity contribution >= 4 is 21.9 Å². The first-order valence-electron chi connectivity index (χ1n) is 6.09. The van der Waals surface area contributed by atoms with E-state index < -0.39 is 0 Å². The maximum atomic E-state index is 5.80. The first-order valence-corrected chi connectivity index (χ1v) is 6.09. The van der Waals surface area contributed by atoms with E-state index in [1.54, 1.807) is 0 Å². The molecule has 3 heteroatoms. The summed E-state index contributed by atoms with van der Waals surface area (Å²) in [5.74, 6) is 0.666. The minimum Gasteiger partial charge on any atom is -0.472 e. The average Bonchev–Trinajstić information content (AvgIpc) is 2.65. The highest BCUT2D eigenvalue weighted by molar-refractivity contribution is 6.04. The number of rotatable bonds is 1. The van der Waals surface area contributed by atoms with Crippen LogP contribution in [0.2, 0.25) is 0 Å². The fourth-order valence-corrected chi connectivity index (χ4v) is 2.06. The lowest BCUT2D eigenvalue weighted by Crippen LogP contribution is -2.23. The number of hydrogen-bond donors (Lipinski definition) is 1. The lowest BCUT2D eigenvalue weighted by molar-refractivity contribution is 0.124. The van der Waals surface area contributed by atoms with Crippen LogP contribution in [0.4, 0.5) is 0 Å². The highest BCUT2D eigenvalue weighted by Crippen LogP contribution is 2.26. The van der Waals surface area contributed by atoms with Crippen LogP contribution in [0.5, 0.6) is 5.88 Å². The summed E-state index contributed by atoms with van der Waals surface area (Å²) in [6, 6.07) is 12.1. The molecule has 92 valence electrons. The van der Waals surface area contributed by atoms with E-state index in [4.69, 9.17) is 4.74 Å². The maximum Gasteiger partial charge on any atom is 0.214 e. The first-order chi connectivity index (χ1) is 8.53. The zero-order valence-electron chi connectivity index (χ0n) is 10.8. The van der Waals surface area contributed by atoms with Crippen molar-refractivity contribution in [2.75, 3.05) is 0 Å². The fourth-order valence-electron chi connectivity index (χ4n) is 2.06. The molecule has 0 amide bonds. The van der Waals surface area contributed by atoms with Crippen LogP contribution >= 0.6 is 0 Å². The molecule has 1 aromatic carbocycles. The number of para-hydroxylation sites is 1. The third kappa shape index (κ3) is 1.92. The number of fused-ring (bicyclic) bond motifs is 3. The Labute approximate surface area is 106 Å². The zero-order valence-corrected chi connectivity index (χ0v) is 10.8. The Balaban J connectivity index is 2.18. The molecule has 18 heavy (non-hydrogen) atoms. The third-order valence-electron chi connectivity index (χ3n) is 2.73. The largest absolute Gasteiger partial charge is 0.472 e. The molecule has 0 aliphatic rings. The van der Waals surface area contributed by atoms with Crippen molar-refractivity contribution in [2.45, 2.75) is 26.4 Å². The van der Waals surface area contributed by atoms with E-state index in [1.165, 1.54) is 0 Å². The summed E-state index contributed by atoms with van der Waals surface area (Å²) in [6.45, 7) is 6.07. The van der Waals surface area contributed by atoms with E-state index in [0.717, 1.165) is 21.9 Å². The van der Waals surface area contributed by atoms with Crippen molar-refractivity contribution in [1.82, 2.24) is 9.97 Å². The van der Waals surface area contributed by atoms with Crippen LogP contribution in [0.15, 0.2) is 36.4 Å². The minimum atomic E-state index is -0.229. The smallest absolute Gasteiger partial charge is 0.214 e. The Morgan fingerprint density at radius 2 is 1.78 bits per heavy atom. The van der Waals surface area contributed by atoms with Crippen LogP contribution in [0.25, 0.3) is 21.9 Å². The lowest BCUT2D eigenvalue weighted by atomic mass is 10.2. The molecular weight excluding hydrogens is 224 g/mol.